The Kier molecular flexibility index (Phi) is 8.40. The Hall–Kier alpha value is -0.580. The van der Waals surface area contributed by atoms with Gasteiger partial charge in [0.15, 0.2) is 0 Å². The molecule has 0 saturated heterocycles. The minimum atomic E-state index is 0. The third-order valence-electron chi connectivity index (χ3n) is 3.55. The van der Waals surface area contributed by atoms with E-state index in [1.165, 1.54) is 10.4 Å². The maximum Gasteiger partial charge on any atom is 0.263 e. The SMILES string of the molecule is CCc1sc(C(=O)N(C)CCC(N)C(C)C)cc1C.Cl. The second-order valence-electron chi connectivity index (χ2n) is 5.49. The molecule has 0 bridgehead atoms. The topological polar surface area (TPSA) is 46.3 Å². The monoisotopic (exact) mass is 318 g/mol. The number of halogens is 1. The molecule has 2 N–H and O–H groups in total. The molecule has 1 heterocycles. The Morgan fingerprint density at radius 3 is 2.50 bits per heavy atom. The number of hydrogen-bond acceptors (Lipinski definition) is 3. The molecule has 0 aromatic carbocycles. The van der Waals surface area contributed by atoms with E-state index >= 15 is 0 Å². The van der Waals surface area contributed by atoms with E-state index in [0.29, 0.717) is 5.92 Å². The summed E-state index contributed by atoms with van der Waals surface area (Å²) in [6.45, 7) is 9.14. The van der Waals surface area contributed by atoms with Crippen molar-refractivity contribution in [3.8, 4) is 0 Å². The van der Waals surface area contributed by atoms with Crippen LogP contribution in [-0.2, 0) is 6.42 Å². The quantitative estimate of drug-likeness (QED) is 0.872. The average Bonchev–Trinajstić information content (AvgIpc) is 2.75. The minimum absolute atomic E-state index is 0. The number of nitrogens with two attached hydrogens (primary N) is 1. The molecule has 1 unspecified atom stereocenters. The van der Waals surface area contributed by atoms with Crippen molar-refractivity contribution in [1.29, 1.82) is 0 Å². The number of carbonyl (C=O) groups is 1. The van der Waals surface area contributed by atoms with Crippen LogP contribution in [0.4, 0.5) is 0 Å². The van der Waals surface area contributed by atoms with Crippen LogP contribution < -0.4 is 5.73 Å². The van der Waals surface area contributed by atoms with Crippen molar-refractivity contribution in [2.24, 2.45) is 11.7 Å². The van der Waals surface area contributed by atoms with Crippen molar-refractivity contribution in [2.45, 2.75) is 46.6 Å². The third kappa shape index (κ3) is 5.08. The van der Waals surface area contributed by atoms with Crippen molar-refractivity contribution >= 4 is 29.7 Å². The summed E-state index contributed by atoms with van der Waals surface area (Å²) in [6.07, 6.45) is 1.84. The van der Waals surface area contributed by atoms with Gasteiger partial charge in [-0.25, -0.2) is 0 Å². The van der Waals surface area contributed by atoms with Gasteiger partial charge >= 0.3 is 0 Å². The first kappa shape index (κ1) is 19.4. The van der Waals surface area contributed by atoms with Crippen LogP contribution in [0.2, 0.25) is 0 Å². The van der Waals surface area contributed by atoms with Gasteiger partial charge in [-0.3, -0.25) is 4.79 Å². The number of aryl methyl sites for hydroxylation is 2. The molecule has 0 fully saturated rings. The lowest BCUT2D eigenvalue weighted by atomic mass is 10.0. The van der Waals surface area contributed by atoms with E-state index in [2.05, 4.69) is 27.7 Å². The Bertz CT molecular complexity index is 432. The summed E-state index contributed by atoms with van der Waals surface area (Å²) < 4.78 is 0. The molecule has 116 valence electrons. The number of thiophene rings is 1. The van der Waals surface area contributed by atoms with E-state index in [1.54, 1.807) is 16.2 Å². The molecule has 0 aliphatic heterocycles. The van der Waals surface area contributed by atoms with E-state index in [1.807, 2.05) is 13.1 Å². The van der Waals surface area contributed by atoms with E-state index in [0.717, 1.165) is 24.3 Å². The van der Waals surface area contributed by atoms with Crippen LogP contribution in [0.5, 0.6) is 0 Å². The van der Waals surface area contributed by atoms with Crippen LogP contribution in [-0.4, -0.2) is 30.4 Å². The van der Waals surface area contributed by atoms with Gasteiger partial charge in [0.1, 0.15) is 0 Å². The summed E-state index contributed by atoms with van der Waals surface area (Å²) in [5, 5.41) is 0. The zero-order chi connectivity index (χ0) is 14.6. The molecule has 0 aliphatic carbocycles. The Labute approximate surface area is 133 Å². The standard InChI is InChI=1S/C15H26N2OS.ClH/c1-6-13-11(4)9-14(19-13)15(18)17(5)8-7-12(16)10(2)3;/h9-10,12H,6-8,16H2,1-5H3;1H. The predicted octanol–water partition coefficient (Wildman–Crippen LogP) is 3.49. The van der Waals surface area contributed by atoms with Crippen molar-refractivity contribution in [1.82, 2.24) is 4.90 Å². The van der Waals surface area contributed by atoms with Gasteiger partial charge in [-0.1, -0.05) is 20.8 Å². The number of hydrogen-bond donors (Lipinski definition) is 1. The highest BCUT2D eigenvalue weighted by Crippen LogP contribution is 2.23. The largest absolute Gasteiger partial charge is 0.341 e. The van der Waals surface area contributed by atoms with Gasteiger partial charge in [-0.05, 0) is 37.3 Å². The predicted molar refractivity (Wildman–Crippen MR) is 90.1 cm³/mol. The van der Waals surface area contributed by atoms with Gasteiger partial charge in [-0.15, -0.1) is 23.7 Å². The minimum Gasteiger partial charge on any atom is -0.341 e. The molecule has 5 heteroatoms. The Morgan fingerprint density at radius 1 is 1.45 bits per heavy atom. The summed E-state index contributed by atoms with van der Waals surface area (Å²) in [6, 6.07) is 2.16. The summed E-state index contributed by atoms with van der Waals surface area (Å²) >= 11 is 1.61. The van der Waals surface area contributed by atoms with Crippen LogP contribution in [0.15, 0.2) is 6.07 Å². The molecule has 20 heavy (non-hydrogen) atoms. The fourth-order valence-electron chi connectivity index (χ4n) is 1.94. The molecule has 0 saturated carbocycles. The number of nitrogens with zero attached hydrogens (tertiary/aromatic N) is 1. The molecule has 1 aromatic heterocycles. The van der Waals surface area contributed by atoms with Gasteiger partial charge in [0.05, 0.1) is 4.88 Å². The van der Waals surface area contributed by atoms with Crippen LogP contribution >= 0.6 is 23.7 Å². The smallest absolute Gasteiger partial charge is 0.263 e. The Morgan fingerprint density at radius 2 is 2.05 bits per heavy atom. The molecule has 0 radical (unpaired) electrons. The summed E-state index contributed by atoms with van der Waals surface area (Å²) in [7, 11) is 1.86. The van der Waals surface area contributed by atoms with Crippen LogP contribution in [0, 0.1) is 12.8 Å². The number of amides is 1. The van der Waals surface area contributed by atoms with E-state index < -0.39 is 0 Å². The van der Waals surface area contributed by atoms with Crippen molar-refractivity contribution < 1.29 is 4.79 Å². The highest BCUT2D eigenvalue weighted by Gasteiger charge is 2.17. The van der Waals surface area contributed by atoms with Crippen LogP contribution in [0.3, 0.4) is 0 Å². The fraction of sp³-hybridized carbons (Fsp3) is 0.667. The first-order valence-corrected chi connectivity index (χ1v) is 7.78. The first-order valence-electron chi connectivity index (χ1n) is 6.97. The van der Waals surface area contributed by atoms with Crippen molar-refractivity contribution in [3.63, 3.8) is 0 Å². The maximum atomic E-state index is 12.3. The van der Waals surface area contributed by atoms with Gasteiger partial charge < -0.3 is 10.6 Å². The normalized spacial score (nSPS) is 12.2. The Balaban J connectivity index is 0.00000361. The molecular formula is C15H27ClN2OS. The van der Waals surface area contributed by atoms with Crippen LogP contribution in [0.1, 0.15) is 47.3 Å². The van der Waals surface area contributed by atoms with Gasteiger partial charge in [0.25, 0.3) is 5.91 Å². The lowest BCUT2D eigenvalue weighted by Crippen LogP contribution is -2.34. The molecule has 1 aromatic rings. The lowest BCUT2D eigenvalue weighted by molar-refractivity contribution is 0.0794. The summed E-state index contributed by atoms with van der Waals surface area (Å²) in [4.78, 5) is 16.2. The summed E-state index contributed by atoms with van der Waals surface area (Å²) in [5.41, 5.74) is 7.24. The van der Waals surface area contributed by atoms with Crippen molar-refractivity contribution in [3.05, 3.63) is 21.4 Å². The summed E-state index contributed by atoms with van der Waals surface area (Å²) in [5.74, 6) is 0.572. The molecule has 1 amide bonds. The van der Waals surface area contributed by atoms with E-state index in [-0.39, 0.29) is 24.4 Å². The van der Waals surface area contributed by atoms with Gasteiger partial charge in [0, 0.05) is 24.5 Å². The van der Waals surface area contributed by atoms with Crippen LogP contribution in [0.25, 0.3) is 0 Å². The van der Waals surface area contributed by atoms with Gasteiger partial charge in [-0.2, -0.15) is 0 Å². The lowest BCUT2D eigenvalue weighted by Gasteiger charge is -2.21. The first-order chi connectivity index (χ1) is 8.86. The van der Waals surface area contributed by atoms with E-state index in [4.69, 9.17) is 5.73 Å². The highest BCUT2D eigenvalue weighted by atomic mass is 35.5. The van der Waals surface area contributed by atoms with E-state index in [9.17, 15) is 4.79 Å². The molecule has 1 rings (SSSR count). The zero-order valence-electron chi connectivity index (χ0n) is 13.1. The average molecular weight is 319 g/mol. The fourth-order valence-corrected chi connectivity index (χ4v) is 3.05. The molecule has 1 atom stereocenters. The van der Waals surface area contributed by atoms with Crippen molar-refractivity contribution in [2.75, 3.05) is 13.6 Å². The molecule has 0 aliphatic rings. The van der Waals surface area contributed by atoms with Gasteiger partial charge in [0.2, 0.25) is 0 Å². The number of carbonyl (C=O) groups excluding carboxylic acids is 1. The zero-order valence-corrected chi connectivity index (χ0v) is 14.7. The number of rotatable bonds is 6. The molecule has 0 spiro atoms. The third-order valence-corrected chi connectivity index (χ3v) is 4.92. The highest BCUT2D eigenvalue weighted by molar-refractivity contribution is 7.14. The molecular weight excluding hydrogens is 292 g/mol. The maximum absolute atomic E-state index is 12.3. The second-order valence-corrected chi connectivity index (χ2v) is 6.63. The second kappa shape index (κ2) is 8.65. The molecule has 3 nitrogen and oxygen atoms in total.